The Morgan fingerprint density at radius 2 is 2.12 bits per heavy atom. The minimum absolute atomic E-state index is 0.0905. The number of carbonyl (C=O) groups excluding carboxylic acids is 1. The molecule has 1 N–H and O–H groups in total. The predicted octanol–water partition coefficient (Wildman–Crippen LogP) is 1.26. The normalized spacial score (nSPS) is 29.6. The molecule has 0 aromatic carbocycles. The minimum atomic E-state index is -2.90. The van der Waals surface area contributed by atoms with E-state index in [-0.39, 0.29) is 28.9 Å². The molecule has 0 aromatic rings. The molecule has 1 aliphatic carbocycles. The molecule has 1 saturated heterocycles. The molecule has 5 heteroatoms. The molecule has 1 amide bonds. The average Bonchev–Trinajstić information content (AvgIpc) is 2.51. The summed E-state index contributed by atoms with van der Waals surface area (Å²) in [4.78, 5) is 12.2. The third-order valence-corrected chi connectivity index (χ3v) is 5.86. The molecule has 0 aromatic heterocycles. The maximum Gasteiger partial charge on any atom is 0.226 e. The van der Waals surface area contributed by atoms with Gasteiger partial charge >= 0.3 is 0 Å². The summed E-state index contributed by atoms with van der Waals surface area (Å²) in [6.45, 7) is 2.09. The number of amides is 1. The van der Waals surface area contributed by atoms with Crippen LogP contribution in [0.15, 0.2) is 0 Å². The van der Waals surface area contributed by atoms with E-state index in [0.29, 0.717) is 6.42 Å². The van der Waals surface area contributed by atoms with Crippen molar-refractivity contribution in [1.82, 2.24) is 5.32 Å². The molecular weight excluding hydrogens is 238 g/mol. The molecule has 1 saturated carbocycles. The lowest BCUT2D eigenvalue weighted by atomic mass is 9.65. The van der Waals surface area contributed by atoms with Crippen molar-refractivity contribution >= 4 is 15.7 Å². The highest BCUT2D eigenvalue weighted by Crippen LogP contribution is 2.45. The monoisotopic (exact) mass is 259 g/mol. The van der Waals surface area contributed by atoms with Crippen LogP contribution in [0, 0.1) is 5.41 Å². The van der Waals surface area contributed by atoms with Crippen LogP contribution in [0.2, 0.25) is 0 Å². The van der Waals surface area contributed by atoms with Gasteiger partial charge in [-0.1, -0.05) is 19.8 Å². The van der Waals surface area contributed by atoms with E-state index in [2.05, 4.69) is 12.2 Å². The van der Waals surface area contributed by atoms with Crippen LogP contribution in [-0.2, 0) is 14.6 Å². The Morgan fingerprint density at radius 3 is 2.53 bits per heavy atom. The first kappa shape index (κ1) is 12.9. The summed E-state index contributed by atoms with van der Waals surface area (Å²) < 4.78 is 22.7. The molecule has 1 unspecified atom stereocenters. The summed E-state index contributed by atoms with van der Waals surface area (Å²) >= 11 is 0. The molecule has 1 aliphatic heterocycles. The lowest BCUT2D eigenvalue weighted by Crippen LogP contribution is -2.49. The second-order valence-corrected chi connectivity index (χ2v) is 7.69. The fraction of sp³-hybridized carbons (Fsp3) is 0.917. The molecule has 2 aliphatic rings. The standard InChI is InChI=1S/C12H21NO3S/c1-2-5-12(6-3-7-12)11(14)13-10-4-8-17(15,16)9-10/h10H,2-9H2,1H3,(H,13,14). The van der Waals surface area contributed by atoms with Gasteiger partial charge in [0.15, 0.2) is 9.84 Å². The van der Waals surface area contributed by atoms with Crippen molar-refractivity contribution in [3.05, 3.63) is 0 Å². The zero-order chi connectivity index (χ0) is 12.5. The Labute approximate surface area is 103 Å². The molecule has 4 nitrogen and oxygen atoms in total. The number of rotatable bonds is 4. The van der Waals surface area contributed by atoms with E-state index >= 15 is 0 Å². The van der Waals surface area contributed by atoms with Crippen molar-refractivity contribution in [3.63, 3.8) is 0 Å². The summed E-state index contributed by atoms with van der Waals surface area (Å²) in [5.74, 6) is 0.437. The van der Waals surface area contributed by atoms with Crippen LogP contribution < -0.4 is 5.32 Å². The van der Waals surface area contributed by atoms with Crippen LogP contribution in [0.25, 0.3) is 0 Å². The molecule has 0 radical (unpaired) electrons. The van der Waals surface area contributed by atoms with Gasteiger partial charge in [0.2, 0.25) is 5.91 Å². The van der Waals surface area contributed by atoms with E-state index in [0.717, 1.165) is 32.1 Å². The molecule has 98 valence electrons. The fourth-order valence-electron chi connectivity index (χ4n) is 2.92. The maximum absolute atomic E-state index is 12.2. The molecule has 0 spiro atoms. The largest absolute Gasteiger partial charge is 0.352 e. The number of hydrogen-bond donors (Lipinski definition) is 1. The first-order chi connectivity index (χ1) is 7.97. The summed E-state index contributed by atoms with van der Waals surface area (Å²) in [7, 11) is -2.90. The highest BCUT2D eigenvalue weighted by atomic mass is 32.2. The first-order valence-corrected chi connectivity index (χ1v) is 8.31. The second kappa shape index (κ2) is 4.59. The molecule has 2 fully saturated rings. The van der Waals surface area contributed by atoms with Crippen molar-refractivity contribution < 1.29 is 13.2 Å². The third kappa shape index (κ3) is 2.64. The van der Waals surface area contributed by atoms with Gasteiger partial charge in [-0.2, -0.15) is 0 Å². The Hall–Kier alpha value is -0.580. The second-order valence-electron chi connectivity index (χ2n) is 5.46. The molecule has 0 bridgehead atoms. The minimum Gasteiger partial charge on any atom is -0.352 e. The van der Waals surface area contributed by atoms with Crippen LogP contribution in [0.1, 0.15) is 45.4 Å². The smallest absolute Gasteiger partial charge is 0.226 e. The van der Waals surface area contributed by atoms with Crippen LogP contribution in [-0.4, -0.2) is 31.9 Å². The highest BCUT2D eigenvalue weighted by molar-refractivity contribution is 7.91. The zero-order valence-electron chi connectivity index (χ0n) is 10.4. The Balaban J connectivity index is 1.93. The van der Waals surface area contributed by atoms with Gasteiger partial charge < -0.3 is 5.32 Å². The van der Waals surface area contributed by atoms with Gasteiger partial charge in [-0.25, -0.2) is 8.42 Å². The average molecular weight is 259 g/mol. The summed E-state index contributed by atoms with van der Waals surface area (Å²) in [6, 6.07) is -0.151. The molecule has 17 heavy (non-hydrogen) atoms. The fourth-order valence-corrected chi connectivity index (χ4v) is 4.59. The van der Waals surface area contributed by atoms with E-state index in [1.807, 2.05) is 0 Å². The SMILES string of the molecule is CCCC1(C(=O)NC2CCS(=O)(=O)C2)CCC1. The molecule has 1 atom stereocenters. The van der Waals surface area contributed by atoms with Gasteiger partial charge in [0, 0.05) is 11.5 Å². The summed E-state index contributed by atoms with van der Waals surface area (Å²) in [5.41, 5.74) is -0.179. The van der Waals surface area contributed by atoms with Crippen molar-refractivity contribution in [2.24, 2.45) is 5.41 Å². The Morgan fingerprint density at radius 1 is 1.41 bits per heavy atom. The van der Waals surface area contributed by atoms with E-state index in [1.165, 1.54) is 0 Å². The van der Waals surface area contributed by atoms with Crippen molar-refractivity contribution in [1.29, 1.82) is 0 Å². The number of carbonyl (C=O) groups is 1. The molecular formula is C12H21NO3S. The lowest BCUT2D eigenvalue weighted by molar-refractivity contribution is -0.137. The van der Waals surface area contributed by atoms with Gasteiger partial charge in [0.05, 0.1) is 11.5 Å². The summed E-state index contributed by atoms with van der Waals surface area (Å²) in [6.07, 6.45) is 5.57. The number of nitrogens with one attached hydrogen (secondary N) is 1. The van der Waals surface area contributed by atoms with E-state index < -0.39 is 9.84 Å². The van der Waals surface area contributed by atoms with Crippen LogP contribution in [0.4, 0.5) is 0 Å². The highest BCUT2D eigenvalue weighted by Gasteiger charge is 2.44. The number of hydrogen-bond acceptors (Lipinski definition) is 3. The topological polar surface area (TPSA) is 63.2 Å². The van der Waals surface area contributed by atoms with Gasteiger partial charge in [-0.05, 0) is 25.7 Å². The third-order valence-electron chi connectivity index (χ3n) is 4.09. The predicted molar refractivity (Wildman–Crippen MR) is 66.4 cm³/mol. The Bertz CT molecular complexity index is 398. The quantitative estimate of drug-likeness (QED) is 0.826. The van der Waals surface area contributed by atoms with E-state index in [4.69, 9.17) is 0 Å². The summed E-state index contributed by atoms with van der Waals surface area (Å²) in [5, 5.41) is 2.94. The van der Waals surface area contributed by atoms with E-state index in [1.54, 1.807) is 0 Å². The zero-order valence-corrected chi connectivity index (χ0v) is 11.2. The van der Waals surface area contributed by atoms with Gasteiger partial charge in [-0.15, -0.1) is 0 Å². The molecule has 2 rings (SSSR count). The van der Waals surface area contributed by atoms with E-state index in [9.17, 15) is 13.2 Å². The van der Waals surface area contributed by atoms with Gasteiger partial charge in [0.1, 0.15) is 0 Å². The van der Waals surface area contributed by atoms with Crippen molar-refractivity contribution in [2.75, 3.05) is 11.5 Å². The first-order valence-electron chi connectivity index (χ1n) is 6.49. The Kier molecular flexibility index (Phi) is 3.48. The van der Waals surface area contributed by atoms with Crippen LogP contribution in [0.5, 0.6) is 0 Å². The van der Waals surface area contributed by atoms with Crippen molar-refractivity contribution in [2.45, 2.75) is 51.5 Å². The van der Waals surface area contributed by atoms with Crippen LogP contribution >= 0.6 is 0 Å². The maximum atomic E-state index is 12.2. The number of sulfone groups is 1. The molecule has 1 heterocycles. The van der Waals surface area contributed by atoms with Crippen molar-refractivity contribution in [3.8, 4) is 0 Å². The van der Waals surface area contributed by atoms with Crippen LogP contribution in [0.3, 0.4) is 0 Å². The lowest BCUT2D eigenvalue weighted by Gasteiger charge is -2.40. The van der Waals surface area contributed by atoms with Gasteiger partial charge in [0.25, 0.3) is 0 Å². The van der Waals surface area contributed by atoms with Gasteiger partial charge in [-0.3, -0.25) is 4.79 Å².